The molecule has 4 aromatic rings. The molecular formula is C19H12Cl2N4O. The van der Waals surface area contributed by atoms with Crippen LogP contribution in [0.3, 0.4) is 0 Å². The lowest BCUT2D eigenvalue weighted by Crippen LogP contribution is -1.95. The minimum absolute atomic E-state index is 0.480. The number of hydrogen-bond donors (Lipinski definition) is 1. The molecule has 0 amide bonds. The molecule has 4 rings (SSSR count). The van der Waals surface area contributed by atoms with Crippen LogP contribution in [0.5, 0.6) is 0 Å². The van der Waals surface area contributed by atoms with E-state index < -0.39 is 0 Å². The van der Waals surface area contributed by atoms with Gasteiger partial charge < -0.3 is 4.42 Å². The Labute approximate surface area is 159 Å². The first-order valence-corrected chi connectivity index (χ1v) is 8.50. The second kappa shape index (κ2) is 7.15. The lowest BCUT2D eigenvalue weighted by Gasteiger charge is -2.02. The molecular weight excluding hydrogens is 371 g/mol. The Morgan fingerprint density at radius 2 is 1.85 bits per heavy atom. The first kappa shape index (κ1) is 16.6. The van der Waals surface area contributed by atoms with Crippen molar-refractivity contribution in [3.05, 3.63) is 76.7 Å². The molecule has 0 fully saturated rings. The number of hydrogen-bond acceptors (Lipinski definition) is 5. The molecule has 2 aromatic carbocycles. The minimum atomic E-state index is 0.480. The Morgan fingerprint density at radius 1 is 0.962 bits per heavy atom. The van der Waals surface area contributed by atoms with E-state index in [1.54, 1.807) is 18.3 Å². The highest BCUT2D eigenvalue weighted by Crippen LogP contribution is 2.29. The Hall–Kier alpha value is -2.89. The fourth-order valence-corrected chi connectivity index (χ4v) is 2.78. The average Bonchev–Trinajstić information content (AvgIpc) is 3.13. The highest BCUT2D eigenvalue weighted by molar-refractivity contribution is 6.42. The van der Waals surface area contributed by atoms with Crippen LogP contribution in [0.15, 0.2) is 70.4 Å². The van der Waals surface area contributed by atoms with Gasteiger partial charge >= 0.3 is 0 Å². The highest BCUT2D eigenvalue weighted by atomic mass is 35.5. The summed E-state index contributed by atoms with van der Waals surface area (Å²) >= 11 is 12.0. The van der Waals surface area contributed by atoms with E-state index in [1.165, 1.54) is 6.33 Å². The van der Waals surface area contributed by atoms with Crippen molar-refractivity contribution in [1.29, 1.82) is 0 Å². The number of aromatic nitrogens is 2. The molecule has 0 atom stereocenters. The lowest BCUT2D eigenvalue weighted by molar-refractivity contribution is 0.575. The van der Waals surface area contributed by atoms with E-state index in [9.17, 15) is 0 Å². The van der Waals surface area contributed by atoms with Crippen molar-refractivity contribution in [1.82, 2.24) is 9.97 Å². The van der Waals surface area contributed by atoms with Crippen molar-refractivity contribution >= 4 is 46.1 Å². The molecule has 7 heteroatoms. The molecule has 5 nitrogen and oxygen atoms in total. The van der Waals surface area contributed by atoms with Crippen LogP contribution < -0.4 is 5.43 Å². The summed E-state index contributed by atoms with van der Waals surface area (Å²) in [6.45, 7) is 0. The van der Waals surface area contributed by atoms with Gasteiger partial charge in [-0.25, -0.2) is 9.97 Å². The van der Waals surface area contributed by atoms with Gasteiger partial charge in [0.25, 0.3) is 0 Å². The minimum Gasteiger partial charge on any atom is -0.455 e. The normalized spacial score (nSPS) is 11.3. The van der Waals surface area contributed by atoms with Crippen molar-refractivity contribution in [3.63, 3.8) is 0 Å². The third-order valence-corrected chi connectivity index (χ3v) is 4.47. The number of benzene rings is 2. The molecule has 1 N–H and O–H groups in total. The second-order valence-electron chi connectivity index (χ2n) is 5.44. The largest absolute Gasteiger partial charge is 0.455 e. The van der Waals surface area contributed by atoms with Crippen LogP contribution >= 0.6 is 23.2 Å². The molecule has 0 radical (unpaired) electrons. The molecule has 0 unspecified atom stereocenters. The Balaban J connectivity index is 1.52. The molecule has 0 bridgehead atoms. The number of rotatable bonds is 4. The monoisotopic (exact) mass is 382 g/mol. The van der Waals surface area contributed by atoms with Crippen molar-refractivity contribution in [2.45, 2.75) is 0 Å². The Bertz CT molecular complexity index is 1100. The number of anilines is 1. The summed E-state index contributed by atoms with van der Waals surface area (Å²) in [6, 6.07) is 16.7. The van der Waals surface area contributed by atoms with Crippen LogP contribution in [0.1, 0.15) is 5.76 Å². The molecule has 2 aromatic heterocycles. The summed E-state index contributed by atoms with van der Waals surface area (Å²) in [4.78, 5) is 8.43. The number of furan rings is 1. The number of halogens is 2. The summed E-state index contributed by atoms with van der Waals surface area (Å²) in [5.74, 6) is 1.90. The topological polar surface area (TPSA) is 63.3 Å². The number of nitrogens with one attached hydrogen (secondary N) is 1. The zero-order valence-electron chi connectivity index (χ0n) is 13.4. The maximum atomic E-state index is 6.05. The highest BCUT2D eigenvalue weighted by Gasteiger charge is 2.06. The number of fused-ring (bicyclic) bond motifs is 1. The lowest BCUT2D eigenvalue weighted by atomic mass is 10.2. The van der Waals surface area contributed by atoms with Crippen molar-refractivity contribution in [2.75, 3.05) is 5.43 Å². The fraction of sp³-hybridized carbons (Fsp3) is 0. The van der Waals surface area contributed by atoms with Crippen LogP contribution in [0, 0.1) is 0 Å². The molecule has 0 aliphatic heterocycles. The molecule has 2 heterocycles. The van der Waals surface area contributed by atoms with Gasteiger partial charge in [0, 0.05) is 10.9 Å². The van der Waals surface area contributed by atoms with Gasteiger partial charge in [0.15, 0.2) is 5.82 Å². The predicted octanol–water partition coefficient (Wildman–Crippen LogP) is 5.64. The zero-order chi connectivity index (χ0) is 17.9. The van der Waals surface area contributed by atoms with Crippen LogP contribution in [0.2, 0.25) is 10.0 Å². The van der Waals surface area contributed by atoms with E-state index in [0.717, 1.165) is 16.5 Å². The van der Waals surface area contributed by atoms with Crippen molar-refractivity contribution in [2.24, 2.45) is 5.10 Å². The van der Waals surface area contributed by atoms with Crippen molar-refractivity contribution in [3.8, 4) is 11.3 Å². The SMILES string of the molecule is Clc1ccc(-c2ccc(/C=N\Nc3ncnc4ccccc34)o2)cc1Cl. The maximum Gasteiger partial charge on any atom is 0.157 e. The van der Waals surface area contributed by atoms with E-state index in [-0.39, 0.29) is 0 Å². The van der Waals surface area contributed by atoms with Crippen LogP contribution in [-0.2, 0) is 0 Å². The molecule has 0 spiro atoms. The van der Waals surface area contributed by atoms with Gasteiger partial charge in [-0.1, -0.05) is 35.3 Å². The van der Waals surface area contributed by atoms with Crippen LogP contribution in [0.25, 0.3) is 22.2 Å². The molecule has 0 saturated heterocycles. The first-order valence-electron chi connectivity index (χ1n) is 7.75. The summed E-state index contributed by atoms with van der Waals surface area (Å²) in [7, 11) is 0. The van der Waals surface area contributed by atoms with Crippen LogP contribution in [-0.4, -0.2) is 16.2 Å². The number of hydrazone groups is 1. The van der Waals surface area contributed by atoms with Gasteiger partial charge in [0.2, 0.25) is 0 Å². The van der Waals surface area contributed by atoms with E-state index in [4.69, 9.17) is 27.6 Å². The predicted molar refractivity (Wildman–Crippen MR) is 105 cm³/mol. The number of para-hydroxylation sites is 1. The molecule has 26 heavy (non-hydrogen) atoms. The van der Waals surface area contributed by atoms with E-state index in [1.807, 2.05) is 42.5 Å². The van der Waals surface area contributed by atoms with Gasteiger partial charge in [-0.05, 0) is 42.5 Å². The number of nitrogens with zero attached hydrogens (tertiary/aromatic N) is 3. The third kappa shape index (κ3) is 3.40. The van der Waals surface area contributed by atoms with E-state index >= 15 is 0 Å². The van der Waals surface area contributed by atoms with E-state index in [2.05, 4.69) is 20.5 Å². The Kier molecular flexibility index (Phi) is 4.56. The summed E-state index contributed by atoms with van der Waals surface area (Å²) in [5, 5.41) is 6.07. The summed E-state index contributed by atoms with van der Waals surface area (Å²) < 4.78 is 5.77. The second-order valence-corrected chi connectivity index (χ2v) is 6.25. The summed E-state index contributed by atoms with van der Waals surface area (Å²) in [5.41, 5.74) is 4.61. The third-order valence-electron chi connectivity index (χ3n) is 3.74. The zero-order valence-corrected chi connectivity index (χ0v) is 14.9. The first-order chi connectivity index (χ1) is 12.7. The quantitative estimate of drug-likeness (QED) is 0.366. The fourth-order valence-electron chi connectivity index (χ4n) is 2.48. The maximum absolute atomic E-state index is 6.05. The van der Waals surface area contributed by atoms with Crippen LogP contribution in [0.4, 0.5) is 5.82 Å². The van der Waals surface area contributed by atoms with E-state index in [0.29, 0.717) is 27.4 Å². The Morgan fingerprint density at radius 3 is 2.73 bits per heavy atom. The van der Waals surface area contributed by atoms with Crippen molar-refractivity contribution < 1.29 is 4.42 Å². The molecule has 0 saturated carbocycles. The van der Waals surface area contributed by atoms with Gasteiger partial charge in [0.05, 0.1) is 21.8 Å². The standard InChI is InChI=1S/C19H12Cl2N4O/c20-15-7-5-12(9-16(15)21)18-8-6-13(26-18)10-24-25-19-14-3-1-2-4-17(14)22-11-23-19/h1-11H,(H,22,23,25)/b24-10-. The molecule has 128 valence electrons. The molecule has 0 aliphatic rings. The average molecular weight is 383 g/mol. The van der Waals surface area contributed by atoms with Gasteiger partial charge in [-0.3, -0.25) is 5.43 Å². The smallest absolute Gasteiger partial charge is 0.157 e. The molecule has 0 aliphatic carbocycles. The van der Waals surface area contributed by atoms with Gasteiger partial charge in [-0.2, -0.15) is 5.10 Å². The summed E-state index contributed by atoms with van der Waals surface area (Å²) in [6.07, 6.45) is 3.08. The van der Waals surface area contributed by atoms with Gasteiger partial charge in [0.1, 0.15) is 17.8 Å². The van der Waals surface area contributed by atoms with Gasteiger partial charge in [-0.15, -0.1) is 0 Å².